The predicted molar refractivity (Wildman–Crippen MR) is 126 cm³/mol. The summed E-state index contributed by atoms with van der Waals surface area (Å²) in [5.41, 5.74) is 8.35. The topological polar surface area (TPSA) is 81.4 Å². The van der Waals surface area contributed by atoms with E-state index in [1.807, 2.05) is 39.8 Å². The first-order valence-corrected chi connectivity index (χ1v) is 11.2. The highest BCUT2D eigenvalue weighted by Crippen LogP contribution is 2.36. The minimum Gasteiger partial charge on any atom is -0.466 e. The quantitative estimate of drug-likeness (QED) is 0.518. The highest BCUT2D eigenvalue weighted by atomic mass is 19.2. The molecule has 2 rings (SSSR count). The molecule has 0 bridgehead atoms. The van der Waals surface area contributed by atoms with Crippen LogP contribution in [0.4, 0.5) is 8.78 Å². The minimum absolute atomic E-state index is 0.122. The number of nitrogens with two attached hydrogens (primary N) is 1. The molecule has 0 saturated heterocycles. The van der Waals surface area contributed by atoms with Crippen LogP contribution in [0.5, 0.6) is 0 Å². The molecule has 0 radical (unpaired) electrons. The second-order valence-corrected chi connectivity index (χ2v) is 8.79. The number of hydrogen-bond donors (Lipinski definition) is 2. The van der Waals surface area contributed by atoms with Gasteiger partial charge in [-0.2, -0.15) is 0 Å². The number of carbonyl (C=O) groups excluding carboxylic acids is 2. The molecule has 0 aliphatic carbocycles. The van der Waals surface area contributed by atoms with Gasteiger partial charge in [0.05, 0.1) is 24.6 Å². The summed E-state index contributed by atoms with van der Waals surface area (Å²) in [5.74, 6) is -3.38. The van der Waals surface area contributed by atoms with Crippen molar-refractivity contribution in [2.24, 2.45) is 5.73 Å². The van der Waals surface area contributed by atoms with Crippen molar-refractivity contribution in [3.63, 3.8) is 0 Å². The molecule has 2 atom stereocenters. The van der Waals surface area contributed by atoms with Crippen LogP contribution in [-0.2, 0) is 19.9 Å². The lowest BCUT2D eigenvalue weighted by atomic mass is 9.84. The molecule has 0 spiro atoms. The van der Waals surface area contributed by atoms with E-state index in [0.717, 1.165) is 28.3 Å². The lowest BCUT2D eigenvalue weighted by molar-refractivity contribution is -0.145. The first-order valence-electron chi connectivity index (χ1n) is 11.2. The smallest absolute Gasteiger partial charge is 0.308 e. The highest BCUT2D eigenvalue weighted by molar-refractivity contribution is 5.84. The lowest BCUT2D eigenvalue weighted by Gasteiger charge is -2.32. The zero-order valence-corrected chi connectivity index (χ0v) is 20.3. The van der Waals surface area contributed by atoms with Crippen molar-refractivity contribution in [2.45, 2.75) is 72.4 Å². The van der Waals surface area contributed by atoms with Crippen LogP contribution in [0.2, 0.25) is 0 Å². The van der Waals surface area contributed by atoms with Crippen LogP contribution in [0, 0.1) is 32.4 Å². The lowest BCUT2D eigenvalue weighted by Crippen LogP contribution is -2.51. The third kappa shape index (κ3) is 6.16. The van der Waals surface area contributed by atoms with E-state index in [9.17, 15) is 14.0 Å². The van der Waals surface area contributed by atoms with Crippen LogP contribution >= 0.6 is 0 Å². The van der Waals surface area contributed by atoms with E-state index >= 15 is 4.39 Å². The number of hydrogen-bond acceptors (Lipinski definition) is 4. The van der Waals surface area contributed by atoms with Gasteiger partial charge < -0.3 is 15.8 Å². The van der Waals surface area contributed by atoms with Gasteiger partial charge in [-0.05, 0) is 75.4 Å². The van der Waals surface area contributed by atoms with Crippen LogP contribution < -0.4 is 11.1 Å². The molecule has 0 aliphatic rings. The van der Waals surface area contributed by atoms with Crippen molar-refractivity contribution >= 4 is 11.9 Å². The fourth-order valence-electron chi connectivity index (χ4n) is 4.28. The summed E-state index contributed by atoms with van der Waals surface area (Å²) >= 11 is 0. The molecule has 0 aromatic heterocycles. The molecule has 180 valence electrons. The molecule has 1 amide bonds. The molecule has 0 saturated carbocycles. The van der Waals surface area contributed by atoms with E-state index in [1.54, 1.807) is 6.92 Å². The van der Waals surface area contributed by atoms with Gasteiger partial charge in [-0.25, -0.2) is 8.78 Å². The summed E-state index contributed by atoms with van der Waals surface area (Å²) in [6.07, 6.45) is 0.713. The molecule has 33 heavy (non-hydrogen) atoms. The molecule has 0 aliphatic heterocycles. The third-order valence-electron chi connectivity index (χ3n) is 5.73. The van der Waals surface area contributed by atoms with E-state index in [4.69, 9.17) is 10.5 Å². The maximum atomic E-state index is 15.2. The number of halogens is 2. The number of amides is 1. The maximum absolute atomic E-state index is 15.2. The second kappa shape index (κ2) is 10.9. The minimum atomic E-state index is -1.57. The molecular formula is C26H34F2N2O3. The summed E-state index contributed by atoms with van der Waals surface area (Å²) in [6, 6.07) is 5.72. The van der Waals surface area contributed by atoms with Crippen LogP contribution in [0.3, 0.4) is 0 Å². The molecule has 2 aromatic carbocycles. The van der Waals surface area contributed by atoms with Gasteiger partial charge in [-0.3, -0.25) is 9.59 Å². The Morgan fingerprint density at radius 3 is 2.24 bits per heavy atom. The summed E-state index contributed by atoms with van der Waals surface area (Å²) in [7, 11) is 0. The van der Waals surface area contributed by atoms with Gasteiger partial charge >= 0.3 is 5.97 Å². The zero-order chi connectivity index (χ0) is 24.9. The molecule has 0 unspecified atom stereocenters. The van der Waals surface area contributed by atoms with E-state index in [1.165, 1.54) is 13.0 Å². The van der Waals surface area contributed by atoms with E-state index in [0.29, 0.717) is 18.4 Å². The first kappa shape index (κ1) is 26.5. The standard InChI is InChI=1S/C26H34F2N2O3/c1-7-9-21(29)25(32)30-26(6,14-22(31)33-8-2)19-12-18(13-20(27)24(19)28)23-16(4)10-15(3)11-17(23)5/h10-13,21H,7-9,14,29H2,1-6H3,(H,30,32)/t21-,26-/m0/s1. The number of rotatable bonds is 9. The van der Waals surface area contributed by atoms with E-state index in [2.05, 4.69) is 5.32 Å². The molecule has 3 N–H and O–H groups in total. The zero-order valence-electron chi connectivity index (χ0n) is 20.3. The number of nitrogens with one attached hydrogen (secondary N) is 1. The average Bonchev–Trinajstić information content (AvgIpc) is 2.69. The van der Waals surface area contributed by atoms with Crippen molar-refractivity contribution in [3.8, 4) is 11.1 Å². The van der Waals surface area contributed by atoms with Crippen LogP contribution in [-0.4, -0.2) is 24.5 Å². The summed E-state index contributed by atoms with van der Waals surface area (Å²) < 4.78 is 35.1. The van der Waals surface area contributed by atoms with Crippen molar-refractivity contribution in [3.05, 3.63) is 58.2 Å². The number of aryl methyl sites for hydroxylation is 3. The predicted octanol–water partition coefficient (Wildman–Crippen LogP) is 4.97. The van der Waals surface area contributed by atoms with Crippen LogP contribution in [0.1, 0.15) is 62.3 Å². The monoisotopic (exact) mass is 460 g/mol. The summed E-state index contributed by atoms with van der Waals surface area (Å²) in [6.45, 7) is 10.9. The van der Waals surface area contributed by atoms with E-state index < -0.39 is 35.1 Å². The molecule has 5 nitrogen and oxygen atoms in total. The highest BCUT2D eigenvalue weighted by Gasteiger charge is 2.37. The van der Waals surface area contributed by atoms with Crippen molar-refractivity contribution < 1.29 is 23.1 Å². The fraction of sp³-hybridized carbons (Fsp3) is 0.462. The van der Waals surface area contributed by atoms with Gasteiger partial charge in [-0.1, -0.05) is 31.0 Å². The molecule has 0 fully saturated rings. The van der Waals surface area contributed by atoms with Crippen LogP contribution in [0.25, 0.3) is 11.1 Å². The Morgan fingerprint density at radius 2 is 1.70 bits per heavy atom. The van der Waals surface area contributed by atoms with Crippen LogP contribution in [0.15, 0.2) is 24.3 Å². The first-order chi connectivity index (χ1) is 15.4. The Kier molecular flexibility index (Phi) is 8.72. The van der Waals surface area contributed by atoms with Crippen molar-refractivity contribution in [2.75, 3.05) is 6.61 Å². The summed E-state index contributed by atoms with van der Waals surface area (Å²) in [4.78, 5) is 25.1. The third-order valence-corrected chi connectivity index (χ3v) is 5.73. The van der Waals surface area contributed by atoms with Gasteiger partial charge in [0.1, 0.15) is 0 Å². The van der Waals surface area contributed by atoms with Gasteiger partial charge in [0, 0.05) is 5.56 Å². The normalized spacial score (nSPS) is 13.8. The number of esters is 1. The van der Waals surface area contributed by atoms with Gasteiger partial charge in [-0.15, -0.1) is 0 Å². The Hall–Kier alpha value is -2.80. The van der Waals surface area contributed by atoms with Crippen molar-refractivity contribution in [1.29, 1.82) is 0 Å². The Morgan fingerprint density at radius 1 is 1.09 bits per heavy atom. The number of carbonyl (C=O) groups is 2. The number of benzene rings is 2. The SMILES string of the molecule is CCC[C@H](N)C(=O)N[C@@](C)(CC(=O)OCC)c1cc(-c2c(C)cc(C)cc2C)cc(F)c1F. The Labute approximate surface area is 194 Å². The van der Waals surface area contributed by atoms with Gasteiger partial charge in [0.15, 0.2) is 11.6 Å². The molecule has 7 heteroatoms. The van der Waals surface area contributed by atoms with Gasteiger partial charge in [0.2, 0.25) is 5.91 Å². The maximum Gasteiger partial charge on any atom is 0.308 e. The Balaban J connectivity index is 2.67. The molecular weight excluding hydrogens is 426 g/mol. The molecule has 0 heterocycles. The number of ether oxygens (including phenoxy) is 1. The average molecular weight is 461 g/mol. The van der Waals surface area contributed by atoms with E-state index in [-0.39, 0.29) is 18.6 Å². The van der Waals surface area contributed by atoms with Crippen molar-refractivity contribution in [1.82, 2.24) is 5.32 Å². The van der Waals surface area contributed by atoms with Gasteiger partial charge in [0.25, 0.3) is 0 Å². The fourth-order valence-corrected chi connectivity index (χ4v) is 4.28. The summed E-state index contributed by atoms with van der Waals surface area (Å²) in [5, 5.41) is 2.70. The Bertz CT molecular complexity index is 1020. The second-order valence-electron chi connectivity index (χ2n) is 8.79. The molecule has 2 aromatic rings. The largest absolute Gasteiger partial charge is 0.466 e.